The second-order valence-corrected chi connectivity index (χ2v) is 6.96. The van der Waals surface area contributed by atoms with Crippen molar-refractivity contribution in [2.24, 2.45) is 5.92 Å². The zero-order valence-corrected chi connectivity index (χ0v) is 14.9. The summed E-state index contributed by atoms with van der Waals surface area (Å²) in [5, 5.41) is 8.72. The van der Waals surface area contributed by atoms with Crippen molar-refractivity contribution in [1.29, 1.82) is 0 Å². The highest BCUT2D eigenvalue weighted by molar-refractivity contribution is 5.96. The number of benzene rings is 1. The van der Waals surface area contributed by atoms with Gasteiger partial charge in [-0.2, -0.15) is 0 Å². The predicted octanol–water partition coefficient (Wildman–Crippen LogP) is 2.82. The van der Waals surface area contributed by atoms with Gasteiger partial charge in [0.1, 0.15) is 0 Å². The molecule has 1 saturated carbocycles. The van der Waals surface area contributed by atoms with E-state index in [9.17, 15) is 9.59 Å². The third-order valence-electron chi connectivity index (χ3n) is 4.87. The Bertz CT molecular complexity index is 643. The number of urea groups is 1. The number of carbonyl (C=O) groups excluding carboxylic acids is 2. The summed E-state index contributed by atoms with van der Waals surface area (Å²) >= 11 is 0. The van der Waals surface area contributed by atoms with Crippen molar-refractivity contribution < 1.29 is 14.3 Å². The van der Waals surface area contributed by atoms with Gasteiger partial charge in [0.2, 0.25) is 0 Å². The summed E-state index contributed by atoms with van der Waals surface area (Å²) in [6, 6.07) is 5.25. The van der Waals surface area contributed by atoms with Crippen LogP contribution in [0.25, 0.3) is 0 Å². The molecule has 3 amide bonds. The number of ether oxygens (including phenoxy) is 1. The quantitative estimate of drug-likeness (QED) is 0.768. The number of anilines is 1. The van der Waals surface area contributed by atoms with Crippen molar-refractivity contribution in [2.45, 2.75) is 51.7 Å². The molecule has 0 radical (unpaired) electrons. The Balaban J connectivity index is 1.54. The van der Waals surface area contributed by atoms with Gasteiger partial charge in [-0.15, -0.1) is 0 Å². The van der Waals surface area contributed by atoms with Crippen LogP contribution in [-0.2, 0) is 4.74 Å². The fourth-order valence-electron chi connectivity index (χ4n) is 3.31. The molecule has 2 aliphatic rings. The monoisotopic (exact) mass is 345 g/mol. The minimum absolute atomic E-state index is 0.102. The van der Waals surface area contributed by atoms with Gasteiger partial charge in [0.25, 0.3) is 5.91 Å². The minimum Gasteiger partial charge on any atom is -0.378 e. The van der Waals surface area contributed by atoms with E-state index in [1.807, 2.05) is 13.8 Å². The Morgan fingerprint density at radius 1 is 1.24 bits per heavy atom. The molecule has 3 rings (SSSR count). The van der Waals surface area contributed by atoms with Gasteiger partial charge in [-0.3, -0.25) is 4.79 Å². The summed E-state index contributed by atoms with van der Waals surface area (Å²) in [7, 11) is 0. The van der Waals surface area contributed by atoms with E-state index in [-0.39, 0.29) is 18.0 Å². The molecule has 136 valence electrons. The molecule has 25 heavy (non-hydrogen) atoms. The van der Waals surface area contributed by atoms with Gasteiger partial charge in [0, 0.05) is 30.4 Å². The molecule has 2 atom stereocenters. The first-order valence-electron chi connectivity index (χ1n) is 9.14. The topological polar surface area (TPSA) is 79.5 Å². The molecular weight excluding hydrogens is 318 g/mol. The average Bonchev–Trinajstić information content (AvgIpc) is 3.42. The zero-order chi connectivity index (χ0) is 17.8. The van der Waals surface area contributed by atoms with Crippen LogP contribution in [0.2, 0.25) is 0 Å². The lowest BCUT2D eigenvalue weighted by atomic mass is 10.0. The Hall–Kier alpha value is -2.08. The number of hydrogen-bond donors (Lipinski definition) is 3. The molecule has 1 heterocycles. The predicted molar refractivity (Wildman–Crippen MR) is 96.8 cm³/mol. The van der Waals surface area contributed by atoms with Gasteiger partial charge >= 0.3 is 6.03 Å². The smallest absolute Gasteiger partial charge is 0.319 e. The SMILES string of the molecule is CCNC(=O)c1ccc(NC(=O)N[C@@H]2CCO[C@@H](C3CC3)C2)c(C)c1. The van der Waals surface area contributed by atoms with Crippen LogP contribution in [-0.4, -0.2) is 37.2 Å². The molecule has 1 aliphatic carbocycles. The van der Waals surface area contributed by atoms with E-state index in [1.165, 1.54) is 12.8 Å². The summed E-state index contributed by atoms with van der Waals surface area (Å²) in [4.78, 5) is 24.2. The van der Waals surface area contributed by atoms with E-state index in [1.54, 1.807) is 18.2 Å². The lowest BCUT2D eigenvalue weighted by molar-refractivity contribution is -0.00889. The molecule has 0 aromatic heterocycles. The fraction of sp³-hybridized carbons (Fsp3) is 0.579. The molecular formula is C19H27N3O3. The maximum Gasteiger partial charge on any atom is 0.319 e. The highest BCUT2D eigenvalue weighted by Crippen LogP contribution is 2.38. The third-order valence-corrected chi connectivity index (χ3v) is 4.87. The molecule has 6 nitrogen and oxygen atoms in total. The molecule has 1 aromatic rings. The summed E-state index contributed by atoms with van der Waals surface area (Å²) in [6.07, 6.45) is 4.55. The zero-order valence-electron chi connectivity index (χ0n) is 14.9. The fourth-order valence-corrected chi connectivity index (χ4v) is 3.31. The molecule has 2 fully saturated rings. The van der Waals surface area contributed by atoms with Crippen LogP contribution in [0.4, 0.5) is 10.5 Å². The van der Waals surface area contributed by atoms with Gasteiger partial charge in [0.15, 0.2) is 0 Å². The molecule has 1 saturated heterocycles. The molecule has 3 N–H and O–H groups in total. The minimum atomic E-state index is -0.199. The van der Waals surface area contributed by atoms with Gasteiger partial charge in [-0.25, -0.2) is 4.79 Å². The van der Waals surface area contributed by atoms with E-state index in [4.69, 9.17) is 4.74 Å². The van der Waals surface area contributed by atoms with E-state index in [0.29, 0.717) is 30.7 Å². The second kappa shape index (κ2) is 7.87. The van der Waals surface area contributed by atoms with Crippen molar-refractivity contribution >= 4 is 17.6 Å². The number of hydrogen-bond acceptors (Lipinski definition) is 3. The number of amides is 3. The summed E-state index contributed by atoms with van der Waals surface area (Å²) in [5.74, 6) is 0.589. The van der Waals surface area contributed by atoms with Gasteiger partial charge in [-0.05, 0) is 69.2 Å². The Kier molecular flexibility index (Phi) is 5.58. The summed E-state index contributed by atoms with van der Waals surface area (Å²) in [6.45, 7) is 5.07. The van der Waals surface area contributed by atoms with Gasteiger partial charge in [0.05, 0.1) is 6.10 Å². The van der Waals surface area contributed by atoms with Crippen LogP contribution in [0.3, 0.4) is 0 Å². The van der Waals surface area contributed by atoms with Crippen LogP contribution >= 0.6 is 0 Å². The van der Waals surface area contributed by atoms with Crippen LogP contribution < -0.4 is 16.0 Å². The van der Waals surface area contributed by atoms with Gasteiger partial charge < -0.3 is 20.7 Å². The van der Waals surface area contributed by atoms with Gasteiger partial charge in [-0.1, -0.05) is 0 Å². The van der Waals surface area contributed by atoms with Crippen molar-refractivity contribution in [2.75, 3.05) is 18.5 Å². The Morgan fingerprint density at radius 2 is 2.04 bits per heavy atom. The number of rotatable bonds is 5. The Morgan fingerprint density at radius 3 is 2.72 bits per heavy atom. The number of aryl methyl sites for hydroxylation is 1. The standard InChI is InChI=1S/C19H27N3O3/c1-3-20-18(23)14-6-7-16(12(2)10-14)22-19(24)21-15-8-9-25-17(11-15)13-4-5-13/h6-7,10,13,15,17H,3-5,8-9,11H2,1-2H3,(H,20,23)(H2,21,22,24)/t15-,17-/m1/s1. The number of carbonyl (C=O) groups is 2. The van der Waals surface area contributed by atoms with Crippen molar-refractivity contribution in [3.8, 4) is 0 Å². The van der Waals surface area contributed by atoms with Crippen molar-refractivity contribution in [1.82, 2.24) is 10.6 Å². The molecule has 1 aliphatic heterocycles. The third kappa shape index (κ3) is 4.72. The van der Waals surface area contributed by atoms with E-state index >= 15 is 0 Å². The maximum atomic E-state index is 12.3. The molecule has 1 aromatic carbocycles. The largest absolute Gasteiger partial charge is 0.378 e. The molecule has 0 unspecified atom stereocenters. The first-order valence-corrected chi connectivity index (χ1v) is 9.14. The Labute approximate surface area is 148 Å². The first kappa shape index (κ1) is 17.7. The lowest BCUT2D eigenvalue weighted by Gasteiger charge is -2.30. The van der Waals surface area contributed by atoms with Crippen LogP contribution in [0, 0.1) is 12.8 Å². The first-order chi connectivity index (χ1) is 12.1. The van der Waals surface area contributed by atoms with Crippen molar-refractivity contribution in [3.05, 3.63) is 29.3 Å². The highest BCUT2D eigenvalue weighted by Gasteiger charge is 2.36. The average molecular weight is 345 g/mol. The van der Waals surface area contributed by atoms with E-state index in [2.05, 4.69) is 16.0 Å². The summed E-state index contributed by atoms with van der Waals surface area (Å²) < 4.78 is 5.80. The van der Waals surface area contributed by atoms with E-state index < -0.39 is 0 Å². The molecule has 6 heteroatoms. The normalized spacial score (nSPS) is 23.0. The van der Waals surface area contributed by atoms with Crippen LogP contribution in [0.5, 0.6) is 0 Å². The second-order valence-electron chi connectivity index (χ2n) is 6.96. The molecule has 0 bridgehead atoms. The molecule has 0 spiro atoms. The maximum absolute atomic E-state index is 12.3. The summed E-state index contributed by atoms with van der Waals surface area (Å²) in [5.41, 5.74) is 2.18. The lowest BCUT2D eigenvalue weighted by Crippen LogP contribution is -2.44. The van der Waals surface area contributed by atoms with Crippen LogP contribution in [0.15, 0.2) is 18.2 Å². The van der Waals surface area contributed by atoms with Crippen LogP contribution in [0.1, 0.15) is 48.5 Å². The highest BCUT2D eigenvalue weighted by atomic mass is 16.5. The van der Waals surface area contributed by atoms with E-state index in [0.717, 1.165) is 24.1 Å². The van der Waals surface area contributed by atoms with Crippen molar-refractivity contribution in [3.63, 3.8) is 0 Å². The number of nitrogens with one attached hydrogen (secondary N) is 3.